The van der Waals surface area contributed by atoms with Crippen molar-refractivity contribution in [1.29, 1.82) is 0 Å². The predicted octanol–water partition coefficient (Wildman–Crippen LogP) is 2.15. The van der Waals surface area contributed by atoms with E-state index in [0.717, 1.165) is 12.8 Å². The molecule has 144 valence electrons. The van der Waals surface area contributed by atoms with Crippen molar-refractivity contribution < 1.29 is 13.2 Å². The number of likely N-dealkylation sites (tertiary alicyclic amines) is 1. The molecule has 0 spiro atoms. The van der Waals surface area contributed by atoms with Crippen LogP contribution in [0.5, 0.6) is 0 Å². The lowest BCUT2D eigenvalue weighted by atomic mass is 9.99. The van der Waals surface area contributed by atoms with E-state index in [1.54, 1.807) is 6.07 Å². The first kappa shape index (κ1) is 19.6. The summed E-state index contributed by atoms with van der Waals surface area (Å²) in [6.45, 7) is 5.77. The number of nitrogens with zero attached hydrogens (tertiary/aromatic N) is 3. The number of halogens is 1. The summed E-state index contributed by atoms with van der Waals surface area (Å²) >= 11 is 6.20. The number of hydrogen-bond donors (Lipinski definition) is 0. The highest BCUT2D eigenvalue weighted by molar-refractivity contribution is 7.89. The summed E-state index contributed by atoms with van der Waals surface area (Å²) in [5.74, 6) is 0.344. The Morgan fingerprint density at radius 1 is 1.15 bits per heavy atom. The zero-order valence-corrected chi connectivity index (χ0v) is 16.9. The second-order valence-electron chi connectivity index (χ2n) is 7.35. The molecule has 2 aliphatic heterocycles. The van der Waals surface area contributed by atoms with E-state index in [2.05, 4.69) is 11.8 Å². The van der Waals surface area contributed by atoms with Gasteiger partial charge in [-0.15, -0.1) is 0 Å². The molecule has 0 aliphatic carbocycles. The van der Waals surface area contributed by atoms with E-state index >= 15 is 0 Å². The van der Waals surface area contributed by atoms with Crippen LogP contribution in [0.25, 0.3) is 0 Å². The Hall–Kier alpha value is -1.15. The monoisotopic (exact) mass is 399 g/mol. The fourth-order valence-electron chi connectivity index (χ4n) is 3.56. The number of hydrogen-bond acceptors (Lipinski definition) is 4. The van der Waals surface area contributed by atoms with Crippen LogP contribution >= 0.6 is 11.6 Å². The number of sulfonamides is 1. The average molecular weight is 400 g/mol. The summed E-state index contributed by atoms with van der Waals surface area (Å²) in [6.07, 6.45) is 2.10. The third-order valence-corrected chi connectivity index (χ3v) is 7.58. The lowest BCUT2D eigenvalue weighted by Crippen LogP contribution is -2.47. The van der Waals surface area contributed by atoms with Crippen LogP contribution in [0.1, 0.15) is 30.1 Å². The van der Waals surface area contributed by atoms with Crippen molar-refractivity contribution in [3.63, 3.8) is 0 Å². The molecule has 3 rings (SSSR count). The van der Waals surface area contributed by atoms with Crippen LogP contribution in [0.4, 0.5) is 0 Å². The van der Waals surface area contributed by atoms with Crippen molar-refractivity contribution in [2.75, 3.05) is 46.3 Å². The lowest BCUT2D eigenvalue weighted by Gasteiger charge is -2.32. The Morgan fingerprint density at radius 3 is 2.50 bits per heavy atom. The normalized spacial score (nSPS) is 23.2. The molecule has 0 bridgehead atoms. The zero-order valence-electron chi connectivity index (χ0n) is 15.3. The van der Waals surface area contributed by atoms with Gasteiger partial charge in [0, 0.05) is 44.8 Å². The number of piperazine rings is 1. The number of amides is 1. The first-order valence-electron chi connectivity index (χ1n) is 9.06. The van der Waals surface area contributed by atoms with E-state index in [1.165, 1.54) is 16.4 Å². The predicted molar refractivity (Wildman–Crippen MR) is 102 cm³/mol. The van der Waals surface area contributed by atoms with Crippen LogP contribution < -0.4 is 0 Å². The maximum absolute atomic E-state index is 13.0. The van der Waals surface area contributed by atoms with Gasteiger partial charge in [0.15, 0.2) is 0 Å². The van der Waals surface area contributed by atoms with Gasteiger partial charge in [0.2, 0.25) is 10.0 Å². The average Bonchev–Trinajstić information content (AvgIpc) is 2.62. The Morgan fingerprint density at radius 2 is 1.85 bits per heavy atom. The van der Waals surface area contributed by atoms with Crippen LogP contribution in [0.3, 0.4) is 0 Å². The molecule has 1 unspecified atom stereocenters. The van der Waals surface area contributed by atoms with Gasteiger partial charge < -0.3 is 9.80 Å². The number of likely N-dealkylation sites (N-methyl/N-ethyl adjacent to an activating group) is 1. The van der Waals surface area contributed by atoms with Gasteiger partial charge in [-0.05, 0) is 44.0 Å². The molecular formula is C18H26ClN3O3S. The standard InChI is InChI=1S/C18H26ClN3O3S/c1-14-4-3-7-21(13-14)18(23)15-5-6-16(19)17(12-15)26(24,25)22-10-8-20(2)9-11-22/h5-6,12,14H,3-4,7-11,13H2,1-2H3. The molecule has 2 heterocycles. The van der Waals surface area contributed by atoms with E-state index in [0.29, 0.717) is 50.7 Å². The molecule has 1 aromatic carbocycles. The quantitative estimate of drug-likeness (QED) is 0.781. The van der Waals surface area contributed by atoms with Gasteiger partial charge in [0.25, 0.3) is 5.91 Å². The molecule has 0 saturated carbocycles. The number of rotatable bonds is 3. The SMILES string of the molecule is CC1CCCN(C(=O)c2ccc(Cl)c(S(=O)(=O)N3CCN(C)CC3)c2)C1. The highest BCUT2D eigenvalue weighted by atomic mass is 35.5. The van der Waals surface area contributed by atoms with E-state index < -0.39 is 10.0 Å². The maximum Gasteiger partial charge on any atom is 0.253 e. The molecule has 1 amide bonds. The highest BCUT2D eigenvalue weighted by Gasteiger charge is 2.31. The third kappa shape index (κ3) is 4.06. The molecule has 2 fully saturated rings. The van der Waals surface area contributed by atoms with E-state index in [9.17, 15) is 13.2 Å². The smallest absolute Gasteiger partial charge is 0.253 e. The Kier molecular flexibility index (Phi) is 5.91. The van der Waals surface area contributed by atoms with Gasteiger partial charge in [-0.3, -0.25) is 4.79 Å². The van der Waals surface area contributed by atoms with Crippen LogP contribution in [-0.2, 0) is 10.0 Å². The fourth-order valence-corrected chi connectivity index (χ4v) is 5.48. The summed E-state index contributed by atoms with van der Waals surface area (Å²) in [5.41, 5.74) is 0.385. The number of carbonyl (C=O) groups excluding carboxylic acids is 1. The summed E-state index contributed by atoms with van der Waals surface area (Å²) in [7, 11) is -1.74. The van der Waals surface area contributed by atoms with E-state index in [1.807, 2.05) is 11.9 Å². The molecule has 1 atom stereocenters. The first-order valence-corrected chi connectivity index (χ1v) is 10.9. The second kappa shape index (κ2) is 7.84. The molecule has 0 N–H and O–H groups in total. The first-order chi connectivity index (χ1) is 12.3. The maximum atomic E-state index is 13.0. The largest absolute Gasteiger partial charge is 0.338 e. The van der Waals surface area contributed by atoms with Crippen molar-refractivity contribution >= 4 is 27.5 Å². The van der Waals surface area contributed by atoms with Crippen LogP contribution in [0.15, 0.2) is 23.1 Å². The number of carbonyl (C=O) groups is 1. The molecule has 6 nitrogen and oxygen atoms in total. The van der Waals surface area contributed by atoms with Gasteiger partial charge in [-0.2, -0.15) is 4.31 Å². The molecule has 8 heteroatoms. The van der Waals surface area contributed by atoms with Gasteiger partial charge in [-0.25, -0.2) is 8.42 Å². The second-order valence-corrected chi connectivity index (χ2v) is 9.66. The minimum Gasteiger partial charge on any atom is -0.338 e. The van der Waals surface area contributed by atoms with Gasteiger partial charge >= 0.3 is 0 Å². The Balaban J connectivity index is 1.86. The van der Waals surface area contributed by atoms with Crippen LogP contribution in [0, 0.1) is 5.92 Å². The van der Waals surface area contributed by atoms with E-state index in [-0.39, 0.29) is 15.8 Å². The van der Waals surface area contributed by atoms with E-state index in [4.69, 9.17) is 11.6 Å². The summed E-state index contributed by atoms with van der Waals surface area (Å²) in [4.78, 5) is 16.7. The minimum atomic E-state index is -3.71. The van der Waals surface area contributed by atoms with Crippen molar-refractivity contribution in [3.05, 3.63) is 28.8 Å². The molecular weight excluding hydrogens is 374 g/mol. The Bertz CT molecular complexity index is 776. The molecule has 1 aromatic rings. The molecule has 0 radical (unpaired) electrons. The highest BCUT2D eigenvalue weighted by Crippen LogP contribution is 2.28. The van der Waals surface area contributed by atoms with Crippen molar-refractivity contribution in [2.45, 2.75) is 24.7 Å². The van der Waals surface area contributed by atoms with Crippen LogP contribution in [-0.4, -0.2) is 74.7 Å². The van der Waals surface area contributed by atoms with Gasteiger partial charge in [0.1, 0.15) is 4.90 Å². The van der Waals surface area contributed by atoms with Crippen molar-refractivity contribution in [1.82, 2.24) is 14.1 Å². The fraction of sp³-hybridized carbons (Fsp3) is 0.611. The molecule has 2 aliphatic rings. The molecule has 26 heavy (non-hydrogen) atoms. The Labute approximate surface area is 160 Å². The van der Waals surface area contributed by atoms with Crippen LogP contribution in [0.2, 0.25) is 5.02 Å². The third-order valence-electron chi connectivity index (χ3n) is 5.20. The summed E-state index contributed by atoms with van der Waals surface area (Å²) in [5, 5.41) is 0.160. The molecule has 0 aromatic heterocycles. The zero-order chi connectivity index (χ0) is 18.9. The molecule has 2 saturated heterocycles. The number of piperidine rings is 1. The number of benzene rings is 1. The summed E-state index contributed by atoms with van der Waals surface area (Å²) in [6, 6.07) is 4.58. The summed E-state index contributed by atoms with van der Waals surface area (Å²) < 4.78 is 27.5. The van der Waals surface area contributed by atoms with Gasteiger partial charge in [0.05, 0.1) is 5.02 Å². The van der Waals surface area contributed by atoms with Gasteiger partial charge in [-0.1, -0.05) is 18.5 Å². The lowest BCUT2D eigenvalue weighted by molar-refractivity contribution is 0.0683. The van der Waals surface area contributed by atoms with Crippen molar-refractivity contribution in [3.8, 4) is 0 Å². The van der Waals surface area contributed by atoms with Crippen molar-refractivity contribution in [2.24, 2.45) is 5.92 Å². The minimum absolute atomic E-state index is 0.0274. The topological polar surface area (TPSA) is 60.9 Å².